The lowest BCUT2D eigenvalue weighted by atomic mass is 10.2. The summed E-state index contributed by atoms with van der Waals surface area (Å²) >= 11 is 6.25. The Balaban J connectivity index is 1.89. The summed E-state index contributed by atoms with van der Waals surface area (Å²) in [4.78, 5) is 12.9. The van der Waals surface area contributed by atoms with E-state index in [0.717, 1.165) is 25.7 Å². The van der Waals surface area contributed by atoms with Crippen molar-refractivity contribution in [2.24, 2.45) is 0 Å². The van der Waals surface area contributed by atoms with Gasteiger partial charge in [0.1, 0.15) is 16.4 Å². The third kappa shape index (κ3) is 5.74. The number of nitrogens with zero attached hydrogens (tertiary/aromatic N) is 1. The van der Waals surface area contributed by atoms with Crippen LogP contribution < -0.4 is 14.8 Å². The van der Waals surface area contributed by atoms with E-state index in [4.69, 9.17) is 21.1 Å². The van der Waals surface area contributed by atoms with Gasteiger partial charge >= 0.3 is 0 Å². The predicted octanol–water partition coefficient (Wildman–Crippen LogP) is 4.95. The number of hydrogen-bond donors (Lipinski definition) is 1. The first-order chi connectivity index (χ1) is 15.4. The fourth-order valence-corrected chi connectivity index (χ4v) is 5.62. The Morgan fingerprint density at radius 2 is 1.69 bits per heavy atom. The van der Waals surface area contributed by atoms with Crippen molar-refractivity contribution in [3.05, 3.63) is 47.0 Å². The van der Waals surface area contributed by atoms with E-state index in [9.17, 15) is 13.2 Å². The number of benzene rings is 2. The minimum absolute atomic E-state index is 0.0539. The number of carbonyl (C=O) groups is 1. The van der Waals surface area contributed by atoms with E-state index in [1.165, 1.54) is 22.5 Å². The maximum absolute atomic E-state index is 13.2. The van der Waals surface area contributed by atoms with Crippen LogP contribution in [-0.4, -0.2) is 44.9 Å². The van der Waals surface area contributed by atoms with Crippen molar-refractivity contribution in [3.8, 4) is 11.5 Å². The Hall–Kier alpha value is -2.29. The van der Waals surface area contributed by atoms with Crippen LogP contribution in [0.25, 0.3) is 0 Å². The van der Waals surface area contributed by atoms with Crippen LogP contribution in [0.15, 0.2) is 41.3 Å². The Morgan fingerprint density at radius 3 is 2.34 bits per heavy atom. The van der Waals surface area contributed by atoms with E-state index in [2.05, 4.69) is 5.32 Å². The number of rotatable bonds is 8. The molecule has 9 heteroatoms. The second kappa shape index (κ2) is 11.0. The monoisotopic (exact) mass is 480 g/mol. The highest BCUT2D eigenvalue weighted by molar-refractivity contribution is 7.89. The third-order valence-corrected chi connectivity index (χ3v) is 7.57. The highest BCUT2D eigenvalue weighted by Crippen LogP contribution is 2.31. The van der Waals surface area contributed by atoms with Crippen molar-refractivity contribution < 1.29 is 22.7 Å². The number of ether oxygens (including phenoxy) is 2. The summed E-state index contributed by atoms with van der Waals surface area (Å²) < 4.78 is 39.0. The van der Waals surface area contributed by atoms with Gasteiger partial charge in [-0.3, -0.25) is 4.79 Å². The zero-order valence-electron chi connectivity index (χ0n) is 18.4. The molecule has 2 aromatic rings. The Kier molecular flexibility index (Phi) is 8.39. The summed E-state index contributed by atoms with van der Waals surface area (Å²) in [7, 11) is -3.80. The molecule has 1 amide bonds. The molecule has 0 atom stereocenters. The van der Waals surface area contributed by atoms with Crippen LogP contribution in [0.2, 0.25) is 5.02 Å². The summed E-state index contributed by atoms with van der Waals surface area (Å²) in [6.45, 7) is 5.54. The average molecular weight is 481 g/mol. The minimum Gasteiger partial charge on any atom is -0.494 e. The van der Waals surface area contributed by atoms with Gasteiger partial charge < -0.3 is 14.8 Å². The van der Waals surface area contributed by atoms with Gasteiger partial charge in [0, 0.05) is 24.7 Å². The smallest absolute Gasteiger partial charge is 0.255 e. The van der Waals surface area contributed by atoms with Crippen LogP contribution in [0.4, 0.5) is 5.69 Å². The van der Waals surface area contributed by atoms with E-state index in [1.54, 1.807) is 18.2 Å². The van der Waals surface area contributed by atoms with Gasteiger partial charge in [-0.05, 0) is 57.0 Å². The van der Waals surface area contributed by atoms with E-state index in [0.29, 0.717) is 43.5 Å². The van der Waals surface area contributed by atoms with E-state index in [-0.39, 0.29) is 15.5 Å². The fourth-order valence-electron chi connectivity index (χ4n) is 3.60. The standard InChI is InChI=1S/C23H29ClN2O5S/c1-3-30-18-10-12-21(31-4-2)20(16-18)25-23(27)17-9-11-19(24)22(15-17)32(28,29)26-13-7-5-6-8-14-26/h9-12,15-16H,3-8,13-14H2,1-2H3,(H,25,27). The number of nitrogens with one attached hydrogen (secondary N) is 1. The minimum atomic E-state index is -3.80. The molecule has 7 nitrogen and oxygen atoms in total. The van der Waals surface area contributed by atoms with Gasteiger partial charge in [-0.2, -0.15) is 4.31 Å². The number of halogens is 1. The van der Waals surface area contributed by atoms with E-state index < -0.39 is 15.9 Å². The maximum atomic E-state index is 13.2. The molecule has 3 rings (SSSR count). The quantitative estimate of drug-likeness (QED) is 0.577. The summed E-state index contributed by atoms with van der Waals surface area (Å²) in [5.41, 5.74) is 0.627. The van der Waals surface area contributed by atoms with Crippen LogP contribution in [0.5, 0.6) is 11.5 Å². The first kappa shape index (κ1) is 24.4. The average Bonchev–Trinajstić information content (AvgIpc) is 3.06. The molecule has 0 aliphatic carbocycles. The molecule has 1 aliphatic heterocycles. The molecule has 0 unspecified atom stereocenters. The number of sulfonamides is 1. The molecule has 1 aliphatic rings. The molecule has 1 N–H and O–H groups in total. The van der Waals surface area contributed by atoms with Gasteiger partial charge in [0.25, 0.3) is 5.91 Å². The van der Waals surface area contributed by atoms with Crippen molar-refractivity contribution in [2.45, 2.75) is 44.4 Å². The van der Waals surface area contributed by atoms with Crippen molar-refractivity contribution >= 4 is 33.2 Å². The number of amides is 1. The summed E-state index contributed by atoms with van der Waals surface area (Å²) in [6, 6.07) is 9.45. The topological polar surface area (TPSA) is 84.9 Å². The summed E-state index contributed by atoms with van der Waals surface area (Å²) in [6.07, 6.45) is 3.64. The molecule has 1 heterocycles. The van der Waals surface area contributed by atoms with Gasteiger partial charge in [-0.25, -0.2) is 8.42 Å². The molecule has 0 aromatic heterocycles. The van der Waals surface area contributed by atoms with Gasteiger partial charge in [0.2, 0.25) is 10.0 Å². The molecule has 1 fully saturated rings. The molecule has 174 valence electrons. The molecule has 1 saturated heterocycles. The molecule has 2 aromatic carbocycles. The molecule has 0 spiro atoms. The van der Waals surface area contributed by atoms with Crippen molar-refractivity contribution in [3.63, 3.8) is 0 Å². The van der Waals surface area contributed by atoms with Crippen molar-refractivity contribution in [2.75, 3.05) is 31.6 Å². The van der Waals surface area contributed by atoms with Crippen LogP contribution in [-0.2, 0) is 10.0 Å². The molecule has 0 bridgehead atoms. The lowest BCUT2D eigenvalue weighted by Gasteiger charge is -2.21. The van der Waals surface area contributed by atoms with Gasteiger partial charge in [0.15, 0.2) is 0 Å². The molecular weight excluding hydrogens is 452 g/mol. The lowest BCUT2D eigenvalue weighted by Crippen LogP contribution is -2.32. The van der Waals surface area contributed by atoms with Crippen LogP contribution >= 0.6 is 11.6 Å². The third-order valence-electron chi connectivity index (χ3n) is 5.19. The SMILES string of the molecule is CCOc1ccc(OCC)c(NC(=O)c2ccc(Cl)c(S(=O)(=O)N3CCCCCC3)c2)c1. The van der Waals surface area contributed by atoms with Gasteiger partial charge in [0.05, 0.1) is 23.9 Å². The second-order valence-electron chi connectivity index (χ2n) is 7.44. The van der Waals surface area contributed by atoms with E-state index in [1.807, 2.05) is 13.8 Å². The molecule has 32 heavy (non-hydrogen) atoms. The van der Waals surface area contributed by atoms with Crippen LogP contribution in [0.3, 0.4) is 0 Å². The normalized spacial score (nSPS) is 15.1. The van der Waals surface area contributed by atoms with Crippen LogP contribution in [0, 0.1) is 0 Å². The molecule has 0 radical (unpaired) electrons. The molecular formula is C23H29ClN2O5S. The zero-order valence-corrected chi connectivity index (χ0v) is 20.0. The predicted molar refractivity (Wildman–Crippen MR) is 125 cm³/mol. The van der Waals surface area contributed by atoms with E-state index >= 15 is 0 Å². The largest absolute Gasteiger partial charge is 0.494 e. The van der Waals surface area contributed by atoms with Crippen molar-refractivity contribution in [1.82, 2.24) is 4.31 Å². The Bertz CT molecular complexity index is 1050. The van der Waals surface area contributed by atoms with Crippen LogP contribution in [0.1, 0.15) is 49.9 Å². The summed E-state index contributed by atoms with van der Waals surface area (Å²) in [5, 5.41) is 2.90. The van der Waals surface area contributed by atoms with Gasteiger partial charge in [-0.15, -0.1) is 0 Å². The first-order valence-corrected chi connectivity index (χ1v) is 12.7. The summed E-state index contributed by atoms with van der Waals surface area (Å²) in [5.74, 6) is 0.617. The zero-order chi connectivity index (χ0) is 23.1. The maximum Gasteiger partial charge on any atom is 0.255 e. The van der Waals surface area contributed by atoms with Gasteiger partial charge in [-0.1, -0.05) is 24.4 Å². The first-order valence-electron chi connectivity index (χ1n) is 10.9. The highest BCUT2D eigenvalue weighted by Gasteiger charge is 2.28. The second-order valence-corrected chi connectivity index (χ2v) is 9.76. The highest BCUT2D eigenvalue weighted by atomic mass is 35.5. The Morgan fingerprint density at radius 1 is 1.00 bits per heavy atom. The number of hydrogen-bond acceptors (Lipinski definition) is 5. The Labute approximate surface area is 194 Å². The molecule has 0 saturated carbocycles. The number of anilines is 1. The number of carbonyl (C=O) groups excluding carboxylic acids is 1. The van der Waals surface area contributed by atoms with Crippen molar-refractivity contribution in [1.29, 1.82) is 0 Å². The fraction of sp³-hybridized carbons (Fsp3) is 0.435. The lowest BCUT2D eigenvalue weighted by molar-refractivity contribution is 0.102.